The minimum absolute atomic E-state index is 0.106. The van der Waals surface area contributed by atoms with Crippen molar-refractivity contribution in [2.45, 2.75) is 97.5 Å². The Bertz CT molecular complexity index is 622. The number of carbonyl (C=O) groups excluding carboxylic acids is 1. The first-order valence-electron chi connectivity index (χ1n) is 11.2. The molecule has 0 bridgehead atoms. The lowest BCUT2D eigenvalue weighted by Crippen LogP contribution is -2.56. The van der Waals surface area contributed by atoms with Gasteiger partial charge in [0, 0.05) is 6.42 Å². The molecule has 0 amide bonds. The molecule has 3 saturated carbocycles. The maximum atomic E-state index is 12.1. The normalized spacial score (nSPS) is 50.7. The molecule has 0 saturated heterocycles. The molecule has 26 heavy (non-hydrogen) atoms. The van der Waals surface area contributed by atoms with Crippen molar-refractivity contribution < 1.29 is 9.90 Å². The van der Waals surface area contributed by atoms with E-state index in [1.165, 1.54) is 37.7 Å². The van der Waals surface area contributed by atoms with Crippen LogP contribution in [0.3, 0.4) is 0 Å². The summed E-state index contributed by atoms with van der Waals surface area (Å²) in [6.07, 6.45) is 13.0. The smallest absolute Gasteiger partial charge is 0.155 e. The van der Waals surface area contributed by atoms with E-state index in [-0.39, 0.29) is 10.8 Å². The lowest BCUT2D eigenvalue weighted by molar-refractivity contribution is -0.138. The van der Waals surface area contributed by atoms with Gasteiger partial charge in [0.05, 0.1) is 5.60 Å². The van der Waals surface area contributed by atoms with E-state index >= 15 is 0 Å². The van der Waals surface area contributed by atoms with Crippen molar-refractivity contribution >= 4 is 5.78 Å². The third kappa shape index (κ3) is 2.36. The van der Waals surface area contributed by atoms with Gasteiger partial charge in [-0.3, -0.25) is 4.79 Å². The molecule has 4 aliphatic rings. The molecule has 4 rings (SSSR count). The summed E-state index contributed by atoms with van der Waals surface area (Å²) in [7, 11) is 0. The van der Waals surface area contributed by atoms with Crippen LogP contribution in [0.2, 0.25) is 0 Å². The molecule has 2 nitrogen and oxygen atoms in total. The number of rotatable bonds is 3. The van der Waals surface area contributed by atoms with Crippen molar-refractivity contribution in [2.24, 2.45) is 34.5 Å². The summed E-state index contributed by atoms with van der Waals surface area (Å²) in [5.74, 6) is 2.93. The molecule has 0 spiro atoms. The van der Waals surface area contributed by atoms with Gasteiger partial charge >= 0.3 is 0 Å². The molecular formula is C24H38O2. The number of ketones is 1. The zero-order chi connectivity index (χ0) is 18.7. The molecule has 7 atom stereocenters. The second-order valence-electron chi connectivity index (χ2n) is 10.6. The summed E-state index contributed by atoms with van der Waals surface area (Å²) < 4.78 is 0. The quantitative estimate of drug-likeness (QED) is 0.704. The van der Waals surface area contributed by atoms with Crippen LogP contribution in [0.4, 0.5) is 0 Å². The first-order valence-corrected chi connectivity index (χ1v) is 11.2. The average Bonchev–Trinajstić information content (AvgIpc) is 2.86. The molecule has 3 fully saturated rings. The molecule has 0 heterocycles. The second kappa shape index (κ2) is 6.19. The monoisotopic (exact) mass is 358 g/mol. The fraction of sp³-hybridized carbons (Fsp3) is 0.875. The number of aliphatic hydroxyl groups is 1. The molecule has 2 heteroatoms. The van der Waals surface area contributed by atoms with Crippen LogP contribution in [0.5, 0.6) is 0 Å². The first-order chi connectivity index (χ1) is 12.3. The van der Waals surface area contributed by atoms with Gasteiger partial charge in [0.2, 0.25) is 0 Å². The summed E-state index contributed by atoms with van der Waals surface area (Å²) in [6, 6.07) is 0. The van der Waals surface area contributed by atoms with Crippen LogP contribution in [0, 0.1) is 34.5 Å². The van der Waals surface area contributed by atoms with E-state index in [1.54, 1.807) is 0 Å². The summed E-state index contributed by atoms with van der Waals surface area (Å²) in [5.41, 5.74) is 1.33. The molecule has 0 aromatic heterocycles. The third-order valence-corrected chi connectivity index (χ3v) is 9.78. The minimum Gasteiger partial charge on any atom is -0.389 e. The maximum Gasteiger partial charge on any atom is 0.155 e. The Balaban J connectivity index is 1.65. The number of unbranched alkanes of at least 4 members (excludes halogenated alkanes) is 1. The molecule has 0 aromatic carbocycles. The molecule has 2 unspecified atom stereocenters. The van der Waals surface area contributed by atoms with Crippen molar-refractivity contribution in [2.75, 3.05) is 0 Å². The van der Waals surface area contributed by atoms with Gasteiger partial charge in [-0.05, 0) is 85.5 Å². The topological polar surface area (TPSA) is 37.3 Å². The maximum absolute atomic E-state index is 12.1. The van der Waals surface area contributed by atoms with Crippen LogP contribution in [-0.4, -0.2) is 16.5 Å². The Hall–Kier alpha value is -0.630. The van der Waals surface area contributed by atoms with E-state index in [1.807, 2.05) is 6.08 Å². The van der Waals surface area contributed by atoms with Crippen molar-refractivity contribution in [3.05, 3.63) is 11.6 Å². The first kappa shape index (κ1) is 18.7. The van der Waals surface area contributed by atoms with Gasteiger partial charge in [-0.25, -0.2) is 0 Å². The third-order valence-electron chi connectivity index (χ3n) is 9.78. The van der Waals surface area contributed by atoms with Gasteiger partial charge in [-0.15, -0.1) is 0 Å². The number of allylic oxidation sites excluding steroid dienone is 1. The largest absolute Gasteiger partial charge is 0.389 e. The lowest BCUT2D eigenvalue weighted by Gasteiger charge is -2.60. The predicted octanol–water partition coefficient (Wildman–Crippen LogP) is 5.69. The average molecular weight is 359 g/mol. The van der Waals surface area contributed by atoms with Crippen LogP contribution < -0.4 is 0 Å². The number of hydrogen-bond acceptors (Lipinski definition) is 2. The van der Waals surface area contributed by atoms with Crippen LogP contribution in [0.15, 0.2) is 11.6 Å². The van der Waals surface area contributed by atoms with Gasteiger partial charge in [0.1, 0.15) is 0 Å². The Morgan fingerprint density at radius 3 is 2.62 bits per heavy atom. The minimum atomic E-state index is -0.441. The zero-order valence-corrected chi connectivity index (χ0v) is 17.3. The molecule has 4 aliphatic carbocycles. The van der Waals surface area contributed by atoms with Gasteiger partial charge in [0.25, 0.3) is 0 Å². The summed E-state index contributed by atoms with van der Waals surface area (Å²) in [5, 5.41) is 11.6. The fourth-order valence-corrected chi connectivity index (χ4v) is 7.93. The number of carbonyl (C=O) groups is 1. The van der Waals surface area contributed by atoms with Crippen molar-refractivity contribution in [1.29, 1.82) is 0 Å². The molecule has 0 aliphatic heterocycles. The van der Waals surface area contributed by atoms with Crippen LogP contribution in [-0.2, 0) is 4.79 Å². The Morgan fingerprint density at radius 2 is 1.88 bits per heavy atom. The Kier molecular flexibility index (Phi) is 4.46. The molecule has 0 aromatic rings. The van der Waals surface area contributed by atoms with Gasteiger partial charge in [0.15, 0.2) is 5.78 Å². The van der Waals surface area contributed by atoms with E-state index in [2.05, 4.69) is 27.7 Å². The fourth-order valence-electron chi connectivity index (χ4n) is 7.93. The van der Waals surface area contributed by atoms with Gasteiger partial charge in [-0.2, -0.15) is 0 Å². The van der Waals surface area contributed by atoms with E-state index in [0.717, 1.165) is 38.0 Å². The Morgan fingerprint density at radius 1 is 1.15 bits per heavy atom. The highest BCUT2D eigenvalue weighted by molar-refractivity contribution is 5.92. The zero-order valence-electron chi connectivity index (χ0n) is 17.3. The van der Waals surface area contributed by atoms with Crippen LogP contribution in [0.25, 0.3) is 0 Å². The highest BCUT2D eigenvalue weighted by atomic mass is 16.3. The van der Waals surface area contributed by atoms with E-state index in [4.69, 9.17) is 0 Å². The summed E-state index contributed by atoms with van der Waals surface area (Å²) >= 11 is 0. The highest BCUT2D eigenvalue weighted by Gasteiger charge is 2.64. The van der Waals surface area contributed by atoms with Crippen molar-refractivity contribution in [3.8, 4) is 0 Å². The highest BCUT2D eigenvalue weighted by Crippen LogP contribution is 2.68. The molecule has 146 valence electrons. The van der Waals surface area contributed by atoms with Gasteiger partial charge < -0.3 is 5.11 Å². The van der Waals surface area contributed by atoms with E-state index < -0.39 is 5.60 Å². The lowest BCUT2D eigenvalue weighted by atomic mass is 9.44. The molecule has 0 radical (unpaired) electrons. The second-order valence-corrected chi connectivity index (χ2v) is 10.6. The van der Waals surface area contributed by atoms with Gasteiger partial charge in [-0.1, -0.05) is 46.1 Å². The molecular weight excluding hydrogens is 320 g/mol. The number of hydrogen-bond donors (Lipinski definition) is 1. The molecule has 1 N–H and O–H groups in total. The summed E-state index contributed by atoms with van der Waals surface area (Å²) in [6.45, 7) is 9.43. The standard InChI is InChI=1S/C24H38O2/c1-5-6-11-24(26)13-10-20-19-8-7-17-15-18(25)14-16(2)23(17,4)21(19)9-12-22(20,24)3/h15-16,19-21,26H,5-14H2,1-4H3/t16?,19-,20-,21+,22-,23-,24?/m0/s1. The van der Waals surface area contributed by atoms with Crippen LogP contribution >= 0.6 is 0 Å². The van der Waals surface area contributed by atoms with E-state index in [0.29, 0.717) is 23.5 Å². The van der Waals surface area contributed by atoms with E-state index in [9.17, 15) is 9.90 Å². The SMILES string of the molecule is CCCCC1(O)CC[C@H]2[C@@H]3CCC4=CC(=O)CC(C)[C@]4(C)[C@@H]3CC[C@@]21C. The van der Waals surface area contributed by atoms with Crippen molar-refractivity contribution in [1.82, 2.24) is 0 Å². The van der Waals surface area contributed by atoms with Crippen molar-refractivity contribution in [3.63, 3.8) is 0 Å². The van der Waals surface area contributed by atoms with Crippen LogP contribution in [0.1, 0.15) is 91.9 Å². The Labute approximate surface area is 159 Å². The predicted molar refractivity (Wildman–Crippen MR) is 106 cm³/mol. The summed E-state index contributed by atoms with van der Waals surface area (Å²) in [4.78, 5) is 12.1. The number of fused-ring (bicyclic) bond motifs is 5.